The van der Waals surface area contributed by atoms with E-state index in [-0.39, 0.29) is 103 Å². The molecule has 4 aliphatic heterocycles. The summed E-state index contributed by atoms with van der Waals surface area (Å²) in [4.78, 5) is 34.3. The van der Waals surface area contributed by atoms with Gasteiger partial charge < -0.3 is 47.7 Å². The van der Waals surface area contributed by atoms with Gasteiger partial charge in [0, 0.05) is 44.9 Å². The molecule has 0 aromatic heterocycles. The number of benzene rings is 1. The highest BCUT2D eigenvalue weighted by Crippen LogP contribution is 2.65. The average molecular weight is 865 g/mol. The second kappa shape index (κ2) is 18.8. The number of nitrogens with zero attached hydrogens (tertiary/aromatic N) is 2. The minimum absolute atomic E-state index is 0.0227. The number of ketones is 1. The monoisotopic (exact) mass is 865 g/mol. The molecule has 0 bridgehead atoms. The molecule has 3 aliphatic carbocycles. The number of allylic oxidation sites excluding steroid dienone is 2. The third kappa shape index (κ3) is 8.58. The van der Waals surface area contributed by atoms with Crippen molar-refractivity contribution in [3.63, 3.8) is 0 Å². The molecule has 0 N–H and O–H groups in total. The quantitative estimate of drug-likeness (QED) is 0.177. The van der Waals surface area contributed by atoms with E-state index >= 15 is 4.79 Å². The maximum Gasteiger partial charge on any atom is 0.306 e. The number of hydrogen-bond donors (Lipinski definition) is 0. The van der Waals surface area contributed by atoms with Crippen molar-refractivity contribution in [2.75, 3.05) is 40.3 Å². The summed E-state index contributed by atoms with van der Waals surface area (Å²) in [6.45, 7) is 14.9. The molecule has 1 aromatic rings. The molecule has 3 unspecified atom stereocenters. The summed E-state index contributed by atoms with van der Waals surface area (Å²) >= 11 is 0. The highest BCUT2D eigenvalue weighted by molar-refractivity contribution is 5.99. The van der Waals surface area contributed by atoms with Crippen molar-refractivity contribution in [3.8, 4) is 0 Å². The first-order chi connectivity index (χ1) is 29.7. The van der Waals surface area contributed by atoms with Crippen LogP contribution in [0.4, 0.5) is 5.69 Å². The summed E-state index contributed by atoms with van der Waals surface area (Å²) in [6, 6.07) is 5.33. The number of aryl methyl sites for hydroxylation is 3. The van der Waals surface area contributed by atoms with Crippen molar-refractivity contribution in [1.29, 1.82) is 0 Å². The van der Waals surface area contributed by atoms with Crippen LogP contribution < -0.4 is 4.90 Å². The van der Waals surface area contributed by atoms with E-state index in [0.717, 1.165) is 50.5 Å². The molecule has 4 saturated heterocycles. The standard InChI is InChI=1S/C50H76N2O10/c1-13-31-15-14-16-39(62-41-18-17-38(51(8)9)29(6)58-41)28(5)46(54)37-23-34-33-21-32(61-50-49(57-12)48(56-11)47(55-10)30(7)59-50)22-36(33)44-45(42(34)35(37)24-40(53)60-31)52(44)43-26(3)19-25(2)20-27(43)4/h19-20,23,28-36,38-39,41-42,44-45,47-50H,13-18,21-22,24H2,1-12H3/t28-,29?,30?,31+,32+,33+,34+,35-,36-,38+,39+,41+,42-,44+,45-,47+,48?,49+,50+,52?/m1/s1. The Morgan fingerprint density at radius 1 is 0.806 bits per heavy atom. The van der Waals surface area contributed by atoms with Gasteiger partial charge in [-0.25, -0.2) is 0 Å². The highest BCUT2D eigenvalue weighted by atomic mass is 16.7. The van der Waals surface area contributed by atoms with Gasteiger partial charge in [0.1, 0.15) is 24.4 Å². The minimum Gasteiger partial charge on any atom is -0.462 e. The Bertz CT molecular complexity index is 1780. The van der Waals surface area contributed by atoms with Crippen LogP contribution in [-0.4, -0.2) is 132 Å². The first kappa shape index (κ1) is 46.1. The smallest absolute Gasteiger partial charge is 0.306 e. The van der Waals surface area contributed by atoms with Crippen molar-refractivity contribution in [3.05, 3.63) is 40.5 Å². The number of ether oxygens (including phenoxy) is 8. The van der Waals surface area contributed by atoms with Crippen LogP contribution in [0.5, 0.6) is 0 Å². The lowest BCUT2D eigenvalue weighted by atomic mass is 9.66. The molecule has 0 radical (unpaired) electrons. The van der Waals surface area contributed by atoms with E-state index in [1.54, 1.807) is 21.3 Å². The van der Waals surface area contributed by atoms with Crippen LogP contribution in [-0.2, 0) is 47.5 Å². The summed E-state index contributed by atoms with van der Waals surface area (Å²) < 4.78 is 50.9. The lowest BCUT2D eigenvalue weighted by Gasteiger charge is -2.44. The van der Waals surface area contributed by atoms with E-state index in [1.165, 1.54) is 22.4 Å². The summed E-state index contributed by atoms with van der Waals surface area (Å²) in [5.74, 6) is 0.00312. The van der Waals surface area contributed by atoms with Gasteiger partial charge in [-0.15, -0.1) is 0 Å². The fraction of sp³-hybridized carbons (Fsp3) is 0.800. The fourth-order valence-electron chi connectivity index (χ4n) is 13.5. The molecule has 4 heterocycles. The van der Waals surface area contributed by atoms with E-state index in [1.807, 2.05) is 6.92 Å². The Morgan fingerprint density at radius 2 is 1.50 bits per heavy atom. The van der Waals surface area contributed by atoms with Crippen LogP contribution in [0.25, 0.3) is 0 Å². The van der Waals surface area contributed by atoms with Gasteiger partial charge in [-0.3, -0.25) is 9.59 Å². The molecule has 62 heavy (non-hydrogen) atoms. The lowest BCUT2D eigenvalue weighted by molar-refractivity contribution is -0.314. The number of carbonyl (C=O) groups is 2. The Morgan fingerprint density at radius 3 is 2.15 bits per heavy atom. The summed E-state index contributed by atoms with van der Waals surface area (Å²) in [5.41, 5.74) is 5.85. The van der Waals surface area contributed by atoms with Crippen molar-refractivity contribution < 1.29 is 47.5 Å². The average Bonchev–Trinajstić information content (AvgIpc) is 3.58. The number of carbonyl (C=O) groups excluding carboxylic acids is 2. The van der Waals surface area contributed by atoms with Crippen molar-refractivity contribution in [1.82, 2.24) is 4.90 Å². The molecular formula is C50H76N2O10. The molecule has 2 saturated carbocycles. The zero-order valence-electron chi connectivity index (χ0n) is 39.5. The Kier molecular flexibility index (Phi) is 14.0. The molecule has 12 heteroatoms. The maximum absolute atomic E-state index is 15.3. The first-order valence-corrected chi connectivity index (χ1v) is 23.9. The van der Waals surface area contributed by atoms with Crippen molar-refractivity contribution in [2.24, 2.45) is 35.5 Å². The predicted molar refractivity (Wildman–Crippen MR) is 236 cm³/mol. The zero-order valence-corrected chi connectivity index (χ0v) is 39.5. The number of anilines is 1. The third-order valence-corrected chi connectivity index (χ3v) is 16.3. The number of rotatable bonds is 10. The van der Waals surface area contributed by atoms with Crippen LogP contribution >= 0.6 is 0 Å². The van der Waals surface area contributed by atoms with Gasteiger partial charge in [0.25, 0.3) is 0 Å². The molecule has 0 amide bonds. The van der Waals surface area contributed by atoms with Crippen LogP contribution in [0.3, 0.4) is 0 Å². The summed E-state index contributed by atoms with van der Waals surface area (Å²) in [5, 5.41) is 0. The van der Waals surface area contributed by atoms with Gasteiger partial charge in [0.15, 0.2) is 18.4 Å². The molecule has 346 valence electrons. The Hall–Kier alpha value is -2.42. The molecule has 7 aliphatic rings. The van der Waals surface area contributed by atoms with E-state index in [9.17, 15) is 4.79 Å². The minimum atomic E-state index is -0.623. The molecular weight excluding hydrogens is 789 g/mol. The SMILES string of the molecule is CC[C@H]1CCC[C@H](O[C@H]2CC[C@H](N(C)C)C(C)O2)[C@@H](C)C(=O)C2=C[C@H]3[C@@H]4C[C@H](O[C@@H]5OC(C)[C@H](OC)C(OC)[C@@H]5OC)C[C@H]4[C@H]4[C@@H]([C@H]3[C@@H]2CC(=O)O1)N4c1c(C)cc(C)cc1C. The van der Waals surface area contributed by atoms with Gasteiger partial charge in [-0.05, 0) is 140 Å². The third-order valence-electron chi connectivity index (χ3n) is 16.3. The summed E-state index contributed by atoms with van der Waals surface area (Å²) in [7, 11) is 9.23. The van der Waals surface area contributed by atoms with Crippen LogP contribution in [0.15, 0.2) is 23.8 Å². The molecule has 6 fully saturated rings. The molecule has 12 nitrogen and oxygen atoms in total. The normalized spacial score (nSPS) is 43.5. The topological polar surface area (TPSA) is 114 Å². The van der Waals surface area contributed by atoms with E-state index in [2.05, 4.69) is 83.6 Å². The lowest BCUT2D eigenvalue weighted by Crippen LogP contribution is -2.59. The van der Waals surface area contributed by atoms with Crippen LogP contribution in [0.2, 0.25) is 0 Å². The molecule has 0 spiro atoms. The van der Waals surface area contributed by atoms with Crippen molar-refractivity contribution in [2.45, 2.75) is 186 Å². The van der Waals surface area contributed by atoms with Gasteiger partial charge in [0.2, 0.25) is 0 Å². The highest BCUT2D eigenvalue weighted by Gasteiger charge is 2.69. The molecule has 1 aromatic carbocycles. The number of esters is 1. The summed E-state index contributed by atoms with van der Waals surface area (Å²) in [6.07, 6.45) is 6.06. The van der Waals surface area contributed by atoms with E-state index in [0.29, 0.717) is 18.4 Å². The molecule has 8 rings (SSSR count). The number of cyclic esters (lactones) is 1. The second-order valence-corrected chi connectivity index (χ2v) is 20.2. The van der Waals surface area contributed by atoms with E-state index < -0.39 is 18.3 Å². The van der Waals surface area contributed by atoms with Gasteiger partial charge >= 0.3 is 5.97 Å². The zero-order chi connectivity index (χ0) is 44.3. The fourth-order valence-corrected chi connectivity index (χ4v) is 13.5. The van der Waals surface area contributed by atoms with Crippen LogP contribution in [0, 0.1) is 56.3 Å². The second-order valence-electron chi connectivity index (χ2n) is 20.2. The van der Waals surface area contributed by atoms with Gasteiger partial charge in [0.05, 0.1) is 42.9 Å². The first-order valence-electron chi connectivity index (χ1n) is 23.9. The van der Waals surface area contributed by atoms with Crippen molar-refractivity contribution >= 4 is 17.4 Å². The van der Waals surface area contributed by atoms with Gasteiger partial charge in [-0.1, -0.05) is 37.6 Å². The van der Waals surface area contributed by atoms with Gasteiger partial charge in [-0.2, -0.15) is 0 Å². The number of methoxy groups -OCH3 is 3. The number of hydrogen-bond acceptors (Lipinski definition) is 12. The van der Waals surface area contributed by atoms with E-state index in [4.69, 9.17) is 37.9 Å². The predicted octanol–water partition coefficient (Wildman–Crippen LogP) is 7.11. The number of Topliss-reactive ketones (excluding diaryl/α,β-unsaturated/α-hetero) is 1. The largest absolute Gasteiger partial charge is 0.462 e. The number of fused-ring (bicyclic) bond motifs is 8. The number of likely N-dealkylation sites (N-methyl/N-ethyl adjacent to an activating group) is 1. The molecule has 19 atom stereocenters. The maximum atomic E-state index is 15.3. The van der Waals surface area contributed by atoms with Crippen LogP contribution in [0.1, 0.15) is 102 Å². The Balaban J connectivity index is 1.13. The Labute approximate surface area is 371 Å².